The Labute approximate surface area is 242 Å². The van der Waals surface area contributed by atoms with Crippen molar-refractivity contribution >= 4 is 23.6 Å². The van der Waals surface area contributed by atoms with Gasteiger partial charge in [-0.05, 0) is 73.2 Å². The molecule has 3 aromatic carbocycles. The minimum Gasteiger partial charge on any atom is -0.497 e. The highest BCUT2D eigenvalue weighted by molar-refractivity contribution is 8.01. The summed E-state index contributed by atoms with van der Waals surface area (Å²) in [6.45, 7) is 4.40. The van der Waals surface area contributed by atoms with E-state index in [9.17, 15) is 9.59 Å². The second kappa shape index (κ2) is 13.8. The minimum absolute atomic E-state index is 0.0201. The highest BCUT2D eigenvalue weighted by atomic mass is 32.2. The molecule has 7 heteroatoms. The van der Waals surface area contributed by atoms with Gasteiger partial charge in [0.25, 0.3) is 0 Å². The number of benzene rings is 3. The number of thioether (sulfide) groups is 1. The molecule has 6 nitrogen and oxygen atoms in total. The maximum absolute atomic E-state index is 14.2. The number of unbranched alkanes of at least 4 members (excludes halogenated alkanes) is 1. The fourth-order valence-corrected chi connectivity index (χ4v) is 6.61. The Morgan fingerprint density at radius 3 is 1.90 bits per heavy atom. The van der Waals surface area contributed by atoms with E-state index >= 15 is 0 Å². The van der Waals surface area contributed by atoms with Crippen molar-refractivity contribution in [3.8, 4) is 11.5 Å². The molecule has 1 aliphatic heterocycles. The highest BCUT2D eigenvalue weighted by Gasteiger charge is 2.65. The van der Waals surface area contributed by atoms with Crippen molar-refractivity contribution in [2.75, 3.05) is 20.8 Å². The number of hydrogen-bond acceptors (Lipinski definition) is 6. The summed E-state index contributed by atoms with van der Waals surface area (Å²) < 4.78 is 15.6. The van der Waals surface area contributed by atoms with Crippen molar-refractivity contribution in [1.29, 1.82) is 0 Å². The smallest absolute Gasteiger partial charge is 0.330 e. The van der Waals surface area contributed by atoms with E-state index in [1.165, 1.54) is 11.8 Å². The Balaban J connectivity index is 1.70. The predicted octanol–water partition coefficient (Wildman–Crippen LogP) is 6.35. The van der Waals surface area contributed by atoms with Crippen LogP contribution < -0.4 is 9.47 Å². The maximum atomic E-state index is 14.2. The molecule has 0 radical (unpaired) electrons. The summed E-state index contributed by atoms with van der Waals surface area (Å²) in [4.78, 5) is 30.7. The van der Waals surface area contributed by atoms with Crippen LogP contribution in [-0.4, -0.2) is 54.4 Å². The van der Waals surface area contributed by atoms with Crippen LogP contribution >= 0.6 is 11.8 Å². The third-order valence-electron chi connectivity index (χ3n) is 7.50. The Morgan fingerprint density at radius 1 is 0.875 bits per heavy atom. The first kappa shape index (κ1) is 29.5. The van der Waals surface area contributed by atoms with Crippen LogP contribution in [0.25, 0.3) is 0 Å². The number of β-lactam (4-membered cyclic amide) rings is 1. The lowest BCUT2D eigenvalue weighted by atomic mass is 9.80. The van der Waals surface area contributed by atoms with Gasteiger partial charge in [0.05, 0.1) is 20.8 Å². The molecule has 40 heavy (non-hydrogen) atoms. The predicted molar refractivity (Wildman–Crippen MR) is 159 cm³/mol. The number of carbonyl (C=O) groups is 2. The summed E-state index contributed by atoms with van der Waals surface area (Å²) in [5.74, 6) is 1.20. The van der Waals surface area contributed by atoms with Crippen LogP contribution in [0.4, 0.5) is 0 Å². The molecule has 2 atom stereocenters. The van der Waals surface area contributed by atoms with Crippen LogP contribution in [0.15, 0.2) is 83.8 Å². The molecule has 4 rings (SSSR count). The fraction of sp³-hybridized carbons (Fsp3) is 0.394. The molecule has 0 saturated carbocycles. The number of methoxy groups -OCH3 is 2. The Morgan fingerprint density at radius 2 is 1.43 bits per heavy atom. The first-order chi connectivity index (χ1) is 19.4. The molecule has 0 bridgehead atoms. The van der Waals surface area contributed by atoms with E-state index in [0.29, 0.717) is 25.9 Å². The zero-order chi connectivity index (χ0) is 28.5. The van der Waals surface area contributed by atoms with Crippen LogP contribution in [0.1, 0.15) is 44.2 Å². The quantitative estimate of drug-likeness (QED) is 0.130. The van der Waals surface area contributed by atoms with E-state index in [4.69, 9.17) is 14.2 Å². The zero-order valence-electron chi connectivity index (χ0n) is 23.8. The summed E-state index contributed by atoms with van der Waals surface area (Å²) in [5, 5.41) is 0. The molecule has 0 spiro atoms. The third-order valence-corrected chi connectivity index (χ3v) is 9.06. The van der Waals surface area contributed by atoms with E-state index in [1.54, 1.807) is 19.1 Å². The molecule has 0 aliphatic carbocycles. The van der Waals surface area contributed by atoms with Crippen molar-refractivity contribution < 1.29 is 23.8 Å². The van der Waals surface area contributed by atoms with E-state index in [0.717, 1.165) is 40.4 Å². The van der Waals surface area contributed by atoms with E-state index in [2.05, 4.69) is 6.92 Å². The van der Waals surface area contributed by atoms with Crippen molar-refractivity contribution in [3.63, 3.8) is 0 Å². The average Bonchev–Trinajstić information content (AvgIpc) is 2.99. The summed E-state index contributed by atoms with van der Waals surface area (Å²) >= 11 is 1.48. The topological polar surface area (TPSA) is 65.1 Å². The summed E-state index contributed by atoms with van der Waals surface area (Å²) in [7, 11) is 3.29. The van der Waals surface area contributed by atoms with Crippen LogP contribution in [0, 0.1) is 0 Å². The Kier molecular flexibility index (Phi) is 10.2. The molecule has 1 fully saturated rings. The van der Waals surface area contributed by atoms with Gasteiger partial charge in [0.15, 0.2) is 6.04 Å². The third kappa shape index (κ3) is 6.47. The van der Waals surface area contributed by atoms with Crippen LogP contribution in [0.5, 0.6) is 11.5 Å². The van der Waals surface area contributed by atoms with Crippen LogP contribution in [0.2, 0.25) is 0 Å². The number of nitrogens with zero attached hydrogens (tertiary/aromatic N) is 1. The van der Waals surface area contributed by atoms with Crippen LogP contribution in [0.3, 0.4) is 0 Å². The van der Waals surface area contributed by atoms with Crippen molar-refractivity contribution in [2.45, 2.75) is 67.7 Å². The van der Waals surface area contributed by atoms with Gasteiger partial charge in [-0.2, -0.15) is 0 Å². The first-order valence-corrected chi connectivity index (χ1v) is 14.8. The van der Waals surface area contributed by atoms with Gasteiger partial charge in [-0.15, -0.1) is 11.8 Å². The van der Waals surface area contributed by atoms with Gasteiger partial charge in [-0.1, -0.05) is 62.7 Å². The molecular formula is C33H39NO5S. The lowest BCUT2D eigenvalue weighted by Gasteiger charge is -2.56. The monoisotopic (exact) mass is 561 g/mol. The van der Waals surface area contributed by atoms with E-state index < -0.39 is 10.8 Å². The number of esters is 1. The van der Waals surface area contributed by atoms with Gasteiger partial charge >= 0.3 is 5.97 Å². The molecule has 0 N–H and O–H groups in total. The van der Waals surface area contributed by atoms with Gasteiger partial charge in [0.1, 0.15) is 16.2 Å². The van der Waals surface area contributed by atoms with Crippen molar-refractivity contribution in [1.82, 2.24) is 4.90 Å². The Hall–Kier alpha value is -3.45. The second-order valence-electron chi connectivity index (χ2n) is 10.1. The number of ether oxygens (including phenoxy) is 3. The summed E-state index contributed by atoms with van der Waals surface area (Å²) in [6, 6.07) is 24.7. The molecule has 3 aromatic rings. The Bertz CT molecular complexity index is 1200. The normalized spacial score (nSPS) is 18.4. The van der Waals surface area contributed by atoms with Crippen molar-refractivity contribution in [2.24, 2.45) is 0 Å². The SMILES string of the molecule is CCCCOC(=O)C1N(C(Cc2ccc(OC)cc2)Cc2ccc(OC)cc2)C(=O)C1(CC)Sc1ccccc1. The largest absolute Gasteiger partial charge is 0.497 e. The number of rotatable bonds is 14. The van der Waals surface area contributed by atoms with Gasteiger partial charge in [0.2, 0.25) is 5.91 Å². The molecule has 1 saturated heterocycles. The molecule has 1 aliphatic rings. The lowest BCUT2D eigenvalue weighted by Crippen LogP contribution is -2.77. The molecular weight excluding hydrogens is 522 g/mol. The summed E-state index contributed by atoms with van der Waals surface area (Å²) in [5.41, 5.74) is 2.13. The standard InChI is InChI=1S/C33H39NO5S/c1-5-7-21-39-31(35)30-33(6-2,40-29-11-9-8-10-12-29)32(36)34(30)26(22-24-13-17-27(37-3)18-14-24)23-25-15-19-28(38-4)20-16-25/h8-20,26,30H,5-7,21-23H2,1-4H3. The van der Waals surface area contributed by atoms with Crippen molar-refractivity contribution in [3.05, 3.63) is 90.0 Å². The molecule has 212 valence electrons. The highest BCUT2D eigenvalue weighted by Crippen LogP contribution is 2.50. The number of likely N-dealkylation sites (tertiary alicyclic amines) is 1. The summed E-state index contributed by atoms with van der Waals surface area (Å²) in [6.07, 6.45) is 3.42. The van der Waals surface area contributed by atoms with Gasteiger partial charge in [-0.3, -0.25) is 4.79 Å². The molecule has 0 aromatic heterocycles. The van der Waals surface area contributed by atoms with Crippen LogP contribution in [-0.2, 0) is 27.2 Å². The molecule has 1 heterocycles. The number of amides is 1. The van der Waals surface area contributed by atoms with Gasteiger partial charge in [-0.25, -0.2) is 4.79 Å². The van der Waals surface area contributed by atoms with E-state index in [1.807, 2.05) is 85.8 Å². The van der Waals surface area contributed by atoms with Gasteiger partial charge < -0.3 is 19.1 Å². The van der Waals surface area contributed by atoms with Gasteiger partial charge in [0, 0.05) is 10.9 Å². The second-order valence-corrected chi connectivity index (χ2v) is 11.5. The number of carbonyl (C=O) groups excluding carboxylic acids is 2. The molecule has 1 amide bonds. The average molecular weight is 562 g/mol. The van der Waals surface area contributed by atoms with E-state index in [-0.39, 0.29) is 17.9 Å². The minimum atomic E-state index is -0.914. The lowest BCUT2D eigenvalue weighted by molar-refractivity contribution is -0.175. The number of hydrogen-bond donors (Lipinski definition) is 0. The maximum Gasteiger partial charge on any atom is 0.330 e. The fourth-order valence-electron chi connectivity index (χ4n) is 5.24. The first-order valence-electron chi connectivity index (χ1n) is 13.9. The molecule has 2 unspecified atom stereocenters. The zero-order valence-corrected chi connectivity index (χ0v) is 24.6.